The molecular weight excluding hydrogens is 640 g/mol. The van der Waals surface area contributed by atoms with Crippen LogP contribution in [0.5, 0.6) is 0 Å². The molecule has 6 N–H and O–H groups in total. The molecule has 0 unspecified atom stereocenters. The van der Waals surface area contributed by atoms with Crippen molar-refractivity contribution >= 4 is 23.7 Å². The molecule has 3 saturated heterocycles. The zero-order valence-electron chi connectivity index (χ0n) is 27.0. The van der Waals surface area contributed by atoms with Gasteiger partial charge in [0.25, 0.3) is 0 Å². The average Bonchev–Trinajstić information content (AvgIpc) is 3.29. The van der Waals surface area contributed by atoms with E-state index in [0.717, 1.165) is 7.11 Å². The minimum Gasteiger partial charge on any atom is -0.468 e. The van der Waals surface area contributed by atoms with Gasteiger partial charge in [-0.15, -0.1) is 0 Å². The van der Waals surface area contributed by atoms with Crippen molar-refractivity contribution in [2.24, 2.45) is 34.5 Å². The van der Waals surface area contributed by atoms with E-state index in [4.69, 9.17) is 28.4 Å². The summed E-state index contributed by atoms with van der Waals surface area (Å²) in [4.78, 5) is 53.8. The van der Waals surface area contributed by atoms with E-state index in [0.29, 0.717) is 5.57 Å². The molecule has 2 saturated carbocycles. The third-order valence-electron chi connectivity index (χ3n) is 11.6. The SMILES string of the molecule is COC(=O)[C@@H]1C(=O)C(O[C@@H]2O[C@H](CO)[C@@H](O)[C@H](O)[C@H]2O)=C[C@]2(C)[C@H]3[C@@H](O)[C@H](O)[C@@]4(C)OC[C@@]35[C@@H](C[C@@H]12)OC(=O)[C@H](OC(=O)C=C(C)C)[C@@H]45. The number of rotatable bonds is 6. The molecule has 266 valence electrons. The highest BCUT2D eigenvalue weighted by molar-refractivity contribution is 6.08. The number of ether oxygens (including phenoxy) is 6. The summed E-state index contributed by atoms with van der Waals surface area (Å²) >= 11 is 0. The van der Waals surface area contributed by atoms with Crippen molar-refractivity contribution < 1.29 is 78.2 Å². The van der Waals surface area contributed by atoms with Crippen molar-refractivity contribution in [1.29, 1.82) is 0 Å². The lowest BCUT2D eigenvalue weighted by molar-refractivity contribution is -0.295. The molecule has 0 amide bonds. The van der Waals surface area contributed by atoms with Crippen molar-refractivity contribution in [3.8, 4) is 0 Å². The standard InChI is InChI=1S/C32H42O16/c1-11(2)6-16(34)48-23-25-31(4)26(40)22(39)24-30(3)8-13(45-29-21(38)20(37)19(36)14(9-33)46-29)18(35)17(27(41)43-5)12(30)7-15(47-28(23)42)32(24,25)10-44-31/h6,8,12,14-15,17,19-26,29,33,36-40H,7,9-10H2,1-5H3/t12-,14+,15+,17-,19+,20-,21+,22+,23+,24+,25-,26-,29+,30-,31-,32+/m0/s1. The van der Waals surface area contributed by atoms with E-state index in [-0.39, 0.29) is 13.0 Å². The van der Waals surface area contributed by atoms with Crippen molar-refractivity contribution in [3.05, 3.63) is 23.5 Å². The number of carbonyl (C=O) groups excluding carboxylic acids is 4. The summed E-state index contributed by atoms with van der Waals surface area (Å²) in [5, 5.41) is 64.5. The molecule has 0 aromatic rings. The van der Waals surface area contributed by atoms with Crippen molar-refractivity contribution in [2.45, 2.75) is 94.8 Å². The Morgan fingerprint density at radius 1 is 1.02 bits per heavy atom. The van der Waals surface area contributed by atoms with Crippen LogP contribution >= 0.6 is 0 Å². The Hall–Kier alpha value is -2.96. The van der Waals surface area contributed by atoms with Crippen LogP contribution in [-0.2, 0) is 47.6 Å². The summed E-state index contributed by atoms with van der Waals surface area (Å²) in [6.07, 6.45) is -12.0. The van der Waals surface area contributed by atoms with Crippen molar-refractivity contribution in [2.75, 3.05) is 20.3 Å². The van der Waals surface area contributed by atoms with Gasteiger partial charge in [0, 0.05) is 17.4 Å². The fourth-order valence-electron chi connectivity index (χ4n) is 9.52. The summed E-state index contributed by atoms with van der Waals surface area (Å²) in [5.74, 6) is -8.84. The second-order valence-electron chi connectivity index (χ2n) is 14.4. The number of fused-ring (bicyclic) bond motifs is 2. The first-order valence-corrected chi connectivity index (χ1v) is 15.9. The van der Waals surface area contributed by atoms with E-state index >= 15 is 0 Å². The quantitative estimate of drug-likeness (QED) is 0.0742. The fraction of sp³-hybridized carbons (Fsp3) is 0.750. The van der Waals surface area contributed by atoms with Gasteiger partial charge in [0.2, 0.25) is 18.2 Å². The molecule has 16 atom stereocenters. The van der Waals surface area contributed by atoms with Gasteiger partial charge in [0.1, 0.15) is 48.1 Å². The largest absolute Gasteiger partial charge is 0.468 e. The maximum atomic E-state index is 14.0. The van der Waals surface area contributed by atoms with Gasteiger partial charge < -0.3 is 59.1 Å². The average molecular weight is 683 g/mol. The van der Waals surface area contributed by atoms with Gasteiger partial charge in [-0.25, -0.2) is 9.59 Å². The summed E-state index contributed by atoms with van der Waals surface area (Å²) < 4.78 is 34.1. The van der Waals surface area contributed by atoms with E-state index < -0.39 is 131 Å². The normalized spacial score (nSPS) is 49.1. The maximum absolute atomic E-state index is 14.0. The van der Waals surface area contributed by atoms with Crippen LogP contribution in [0.2, 0.25) is 0 Å². The molecule has 0 radical (unpaired) electrons. The van der Waals surface area contributed by atoms with Gasteiger partial charge in [0.05, 0.1) is 32.3 Å². The van der Waals surface area contributed by atoms with Crippen LogP contribution in [0.4, 0.5) is 0 Å². The number of Topliss-reactive ketones (excluding diaryl/α,β-unsaturated/α-hetero) is 1. The predicted octanol–water partition coefficient (Wildman–Crippen LogP) is -2.37. The third kappa shape index (κ3) is 4.71. The molecule has 6 rings (SSSR count). The maximum Gasteiger partial charge on any atom is 0.348 e. The smallest absolute Gasteiger partial charge is 0.348 e. The van der Waals surface area contributed by atoms with Crippen LogP contribution in [0.15, 0.2) is 23.5 Å². The number of aliphatic hydroxyl groups excluding tert-OH is 6. The minimum atomic E-state index is -1.89. The molecule has 2 bridgehead atoms. The zero-order valence-corrected chi connectivity index (χ0v) is 27.0. The molecule has 0 aromatic heterocycles. The number of aliphatic hydroxyl groups is 6. The monoisotopic (exact) mass is 682 g/mol. The Morgan fingerprint density at radius 3 is 2.33 bits per heavy atom. The topological polar surface area (TPSA) is 245 Å². The van der Waals surface area contributed by atoms with Gasteiger partial charge in [-0.1, -0.05) is 12.5 Å². The minimum absolute atomic E-state index is 0.0958. The molecule has 3 aliphatic heterocycles. The van der Waals surface area contributed by atoms with Crippen molar-refractivity contribution in [1.82, 2.24) is 0 Å². The van der Waals surface area contributed by atoms with Crippen LogP contribution in [0, 0.1) is 34.5 Å². The summed E-state index contributed by atoms with van der Waals surface area (Å²) in [5.41, 5.74) is -3.72. The first kappa shape index (κ1) is 34.9. The van der Waals surface area contributed by atoms with E-state index in [9.17, 15) is 49.8 Å². The number of ketones is 1. The number of hydrogen-bond acceptors (Lipinski definition) is 16. The van der Waals surface area contributed by atoms with E-state index in [1.807, 2.05) is 0 Å². The van der Waals surface area contributed by atoms with Gasteiger partial charge in [0.15, 0.2) is 5.76 Å². The van der Waals surface area contributed by atoms with Gasteiger partial charge in [-0.2, -0.15) is 0 Å². The molecule has 48 heavy (non-hydrogen) atoms. The molecule has 16 heteroatoms. The molecular formula is C32H42O16. The number of hydrogen-bond donors (Lipinski definition) is 6. The van der Waals surface area contributed by atoms with Crippen LogP contribution < -0.4 is 0 Å². The Morgan fingerprint density at radius 2 is 1.71 bits per heavy atom. The lowest BCUT2D eigenvalue weighted by Crippen LogP contribution is -2.77. The van der Waals surface area contributed by atoms with E-state index in [2.05, 4.69) is 0 Å². The molecule has 3 heterocycles. The number of esters is 3. The van der Waals surface area contributed by atoms with Crippen LogP contribution in [0.25, 0.3) is 0 Å². The molecule has 1 spiro atoms. The number of allylic oxidation sites excluding steroid dienone is 3. The summed E-state index contributed by atoms with van der Waals surface area (Å²) in [7, 11) is 1.07. The van der Waals surface area contributed by atoms with Crippen LogP contribution in [-0.4, -0.2) is 135 Å². The zero-order chi connectivity index (χ0) is 35.2. The Labute approximate surface area is 275 Å². The Kier molecular flexibility index (Phi) is 8.60. The van der Waals surface area contributed by atoms with Crippen molar-refractivity contribution in [3.63, 3.8) is 0 Å². The van der Waals surface area contributed by atoms with Gasteiger partial charge >= 0.3 is 17.9 Å². The molecule has 0 aromatic carbocycles. The van der Waals surface area contributed by atoms with E-state index in [1.165, 1.54) is 19.1 Å². The highest BCUT2D eigenvalue weighted by Gasteiger charge is 2.82. The first-order valence-electron chi connectivity index (χ1n) is 15.9. The lowest BCUT2D eigenvalue weighted by Gasteiger charge is -2.67. The van der Waals surface area contributed by atoms with Crippen LogP contribution in [0.1, 0.15) is 34.1 Å². The number of methoxy groups -OCH3 is 1. The molecule has 3 aliphatic carbocycles. The van der Waals surface area contributed by atoms with Crippen LogP contribution in [0.3, 0.4) is 0 Å². The third-order valence-corrected chi connectivity index (χ3v) is 11.6. The Balaban J connectivity index is 1.49. The Bertz CT molecular complexity index is 1440. The summed E-state index contributed by atoms with van der Waals surface area (Å²) in [6.45, 7) is 5.57. The molecule has 5 fully saturated rings. The van der Waals surface area contributed by atoms with E-state index in [1.54, 1.807) is 20.8 Å². The first-order chi connectivity index (χ1) is 22.5. The summed E-state index contributed by atoms with van der Waals surface area (Å²) in [6, 6.07) is 0. The highest BCUT2D eigenvalue weighted by Crippen LogP contribution is 2.72. The van der Waals surface area contributed by atoms with Gasteiger partial charge in [-0.3, -0.25) is 9.59 Å². The lowest BCUT2D eigenvalue weighted by atomic mass is 9.38. The highest BCUT2D eigenvalue weighted by atomic mass is 16.7. The van der Waals surface area contributed by atoms with Gasteiger partial charge in [-0.05, 0) is 44.6 Å². The predicted molar refractivity (Wildman–Crippen MR) is 155 cm³/mol. The second-order valence-corrected chi connectivity index (χ2v) is 14.4. The molecule has 6 aliphatic rings. The fourth-order valence-corrected chi connectivity index (χ4v) is 9.52. The number of carbonyl (C=O) groups is 4. The second kappa shape index (κ2) is 11.8. The molecule has 16 nitrogen and oxygen atoms in total.